The first-order chi connectivity index (χ1) is 9.36. The lowest BCUT2D eigenvalue weighted by molar-refractivity contribution is -0.385. The minimum absolute atomic E-state index is 0. The van der Waals surface area contributed by atoms with Gasteiger partial charge in [0, 0.05) is 47.3 Å². The van der Waals surface area contributed by atoms with E-state index in [9.17, 15) is 14.9 Å². The lowest BCUT2D eigenvalue weighted by Gasteiger charge is -2.36. The fourth-order valence-electron chi connectivity index (χ4n) is 2.48. The van der Waals surface area contributed by atoms with Gasteiger partial charge < -0.3 is 10.2 Å². The van der Waals surface area contributed by atoms with E-state index < -0.39 is 4.92 Å². The third kappa shape index (κ3) is 4.39. The van der Waals surface area contributed by atoms with Crippen LogP contribution in [0.4, 0.5) is 5.69 Å². The van der Waals surface area contributed by atoms with E-state index in [0.29, 0.717) is 23.1 Å². The quantitative estimate of drug-likeness (QED) is 0.634. The summed E-state index contributed by atoms with van der Waals surface area (Å²) in [6, 6.07) is 4.76. The molecule has 1 N–H and O–H groups in total. The molecular weight excluding hydrogens is 362 g/mol. The monoisotopic (exact) mass is 377 g/mol. The van der Waals surface area contributed by atoms with Crippen molar-refractivity contribution in [1.82, 2.24) is 10.2 Å². The largest absolute Gasteiger partial charge is 0.336 e. The Balaban J connectivity index is 0.00000220. The average Bonchev–Trinajstić information content (AvgIpc) is 2.35. The first-order valence-electron chi connectivity index (χ1n) is 6.37. The number of carbonyl (C=O) groups excluding carboxylic acids is 1. The number of nitrogens with zero attached hydrogens (tertiary/aromatic N) is 2. The number of piperazine rings is 1. The van der Waals surface area contributed by atoms with Crippen LogP contribution in [0.25, 0.3) is 0 Å². The molecule has 0 aliphatic carbocycles. The summed E-state index contributed by atoms with van der Waals surface area (Å²) in [4.78, 5) is 24.6. The lowest BCUT2D eigenvalue weighted by Crippen LogP contribution is -2.55. The number of nitrogens with one attached hydrogen (secondary N) is 1. The third-order valence-corrected chi connectivity index (χ3v) is 3.64. The molecule has 0 radical (unpaired) electrons. The van der Waals surface area contributed by atoms with Crippen molar-refractivity contribution in [2.45, 2.75) is 25.9 Å². The summed E-state index contributed by atoms with van der Waals surface area (Å²) < 4.78 is 0.534. The van der Waals surface area contributed by atoms with Crippen LogP contribution in [0.5, 0.6) is 0 Å². The standard InChI is InChI=1S/C13H16BrN3O3.ClH/c1-8-6-16(7-9(2)15-8)13(18)10-3-11(14)5-12(4-10)17(19)20;/h3-5,8-9,15H,6-7H2,1-2H3;1H. The smallest absolute Gasteiger partial charge is 0.271 e. The molecule has 1 aliphatic heterocycles. The SMILES string of the molecule is CC1CN(C(=O)c2cc(Br)cc([N+](=O)[O-])c2)CC(C)N1.Cl. The summed E-state index contributed by atoms with van der Waals surface area (Å²) in [5.41, 5.74) is 0.256. The van der Waals surface area contributed by atoms with Gasteiger partial charge in [0.2, 0.25) is 0 Å². The van der Waals surface area contributed by atoms with Crippen molar-refractivity contribution in [2.24, 2.45) is 0 Å². The highest BCUT2D eigenvalue weighted by Crippen LogP contribution is 2.23. The first-order valence-corrected chi connectivity index (χ1v) is 7.16. The van der Waals surface area contributed by atoms with Crippen molar-refractivity contribution in [3.05, 3.63) is 38.3 Å². The maximum Gasteiger partial charge on any atom is 0.271 e. The van der Waals surface area contributed by atoms with Crippen molar-refractivity contribution in [2.75, 3.05) is 13.1 Å². The van der Waals surface area contributed by atoms with Gasteiger partial charge in [0.25, 0.3) is 11.6 Å². The fourth-order valence-corrected chi connectivity index (χ4v) is 2.96. The second kappa shape index (κ2) is 7.20. The molecule has 8 heteroatoms. The van der Waals surface area contributed by atoms with Gasteiger partial charge in [-0.15, -0.1) is 12.4 Å². The maximum atomic E-state index is 12.5. The predicted molar refractivity (Wildman–Crippen MR) is 86.0 cm³/mol. The van der Waals surface area contributed by atoms with Crippen LogP contribution in [0.15, 0.2) is 22.7 Å². The molecule has 0 saturated carbocycles. The normalized spacial score (nSPS) is 21.6. The number of nitro benzene ring substituents is 1. The van der Waals surface area contributed by atoms with Crippen LogP contribution in [-0.4, -0.2) is 40.9 Å². The molecule has 1 saturated heterocycles. The minimum Gasteiger partial charge on any atom is -0.336 e. The fraction of sp³-hybridized carbons (Fsp3) is 0.462. The number of rotatable bonds is 2. The van der Waals surface area contributed by atoms with Crippen LogP contribution < -0.4 is 5.32 Å². The van der Waals surface area contributed by atoms with Gasteiger partial charge in [-0.3, -0.25) is 14.9 Å². The van der Waals surface area contributed by atoms with E-state index in [2.05, 4.69) is 21.2 Å². The summed E-state index contributed by atoms with van der Waals surface area (Å²) >= 11 is 3.21. The topological polar surface area (TPSA) is 75.5 Å². The zero-order valence-electron chi connectivity index (χ0n) is 11.7. The Morgan fingerprint density at radius 3 is 2.43 bits per heavy atom. The molecule has 1 heterocycles. The number of carbonyl (C=O) groups is 1. The van der Waals surface area contributed by atoms with Crippen molar-refractivity contribution in [3.63, 3.8) is 0 Å². The Hall–Kier alpha value is -1.18. The molecule has 1 aromatic carbocycles. The highest BCUT2D eigenvalue weighted by Gasteiger charge is 2.26. The molecule has 116 valence electrons. The molecule has 2 atom stereocenters. The van der Waals surface area contributed by atoms with E-state index in [1.165, 1.54) is 12.1 Å². The van der Waals surface area contributed by atoms with Gasteiger partial charge in [0.15, 0.2) is 0 Å². The zero-order chi connectivity index (χ0) is 14.9. The Morgan fingerprint density at radius 2 is 1.90 bits per heavy atom. The van der Waals surface area contributed by atoms with Crippen molar-refractivity contribution in [1.29, 1.82) is 0 Å². The van der Waals surface area contributed by atoms with E-state index in [-0.39, 0.29) is 36.1 Å². The van der Waals surface area contributed by atoms with Crippen LogP contribution in [0.2, 0.25) is 0 Å². The third-order valence-electron chi connectivity index (χ3n) is 3.19. The lowest BCUT2D eigenvalue weighted by atomic mass is 10.1. The molecule has 0 bridgehead atoms. The molecule has 1 fully saturated rings. The average molecular weight is 379 g/mol. The number of nitro groups is 1. The summed E-state index contributed by atoms with van der Waals surface area (Å²) in [5, 5.41) is 14.2. The molecule has 2 unspecified atom stereocenters. The van der Waals surface area contributed by atoms with Gasteiger partial charge in [-0.05, 0) is 19.9 Å². The molecular formula is C13H17BrClN3O3. The van der Waals surface area contributed by atoms with E-state index in [0.717, 1.165) is 0 Å². The molecule has 1 aliphatic rings. The number of benzene rings is 1. The molecule has 0 aromatic heterocycles. The van der Waals surface area contributed by atoms with Crippen molar-refractivity contribution < 1.29 is 9.72 Å². The molecule has 0 spiro atoms. The van der Waals surface area contributed by atoms with Crippen LogP contribution >= 0.6 is 28.3 Å². The highest BCUT2D eigenvalue weighted by atomic mass is 79.9. The second-order valence-electron chi connectivity index (χ2n) is 5.13. The van der Waals surface area contributed by atoms with E-state index >= 15 is 0 Å². The van der Waals surface area contributed by atoms with E-state index in [4.69, 9.17) is 0 Å². The molecule has 2 rings (SSSR count). The second-order valence-corrected chi connectivity index (χ2v) is 6.05. The molecule has 1 aromatic rings. The van der Waals surface area contributed by atoms with E-state index in [1.54, 1.807) is 11.0 Å². The predicted octanol–water partition coefficient (Wildman–Crippen LogP) is 2.60. The van der Waals surface area contributed by atoms with Crippen molar-refractivity contribution >= 4 is 39.9 Å². The van der Waals surface area contributed by atoms with Crippen LogP contribution in [0.3, 0.4) is 0 Å². The number of non-ortho nitro benzene ring substituents is 1. The van der Waals surface area contributed by atoms with Gasteiger partial charge in [-0.2, -0.15) is 0 Å². The maximum absolute atomic E-state index is 12.5. The molecule has 6 nitrogen and oxygen atoms in total. The molecule has 1 amide bonds. The van der Waals surface area contributed by atoms with Crippen LogP contribution in [0, 0.1) is 10.1 Å². The number of halogens is 2. The van der Waals surface area contributed by atoms with Crippen LogP contribution in [-0.2, 0) is 0 Å². The Bertz CT molecular complexity index is 545. The van der Waals surface area contributed by atoms with Gasteiger partial charge in [0.1, 0.15) is 0 Å². The Kier molecular flexibility index (Phi) is 6.12. The summed E-state index contributed by atoms with van der Waals surface area (Å²) in [6.45, 7) is 5.23. The Morgan fingerprint density at radius 1 is 1.33 bits per heavy atom. The summed E-state index contributed by atoms with van der Waals surface area (Å²) in [6.07, 6.45) is 0. The molecule has 21 heavy (non-hydrogen) atoms. The highest BCUT2D eigenvalue weighted by molar-refractivity contribution is 9.10. The van der Waals surface area contributed by atoms with E-state index in [1.807, 2.05) is 13.8 Å². The summed E-state index contributed by atoms with van der Waals surface area (Å²) in [7, 11) is 0. The number of hydrogen-bond donors (Lipinski definition) is 1. The first kappa shape index (κ1) is 17.9. The Labute approximate surface area is 137 Å². The van der Waals surface area contributed by atoms with Crippen molar-refractivity contribution in [3.8, 4) is 0 Å². The minimum atomic E-state index is -0.495. The zero-order valence-corrected chi connectivity index (χ0v) is 14.1. The van der Waals surface area contributed by atoms with Gasteiger partial charge in [-0.25, -0.2) is 0 Å². The van der Waals surface area contributed by atoms with Crippen LogP contribution in [0.1, 0.15) is 24.2 Å². The summed E-state index contributed by atoms with van der Waals surface area (Å²) in [5.74, 6) is -0.172. The van der Waals surface area contributed by atoms with Gasteiger partial charge >= 0.3 is 0 Å². The van der Waals surface area contributed by atoms with Gasteiger partial charge in [-0.1, -0.05) is 15.9 Å². The van der Waals surface area contributed by atoms with Gasteiger partial charge in [0.05, 0.1) is 4.92 Å². The number of amides is 1. The number of hydrogen-bond acceptors (Lipinski definition) is 4.